The van der Waals surface area contributed by atoms with Gasteiger partial charge in [0.1, 0.15) is 9.88 Å². The number of aromatic nitrogens is 1. The van der Waals surface area contributed by atoms with E-state index in [1.807, 2.05) is 0 Å². The summed E-state index contributed by atoms with van der Waals surface area (Å²) in [5.74, 6) is -0.501. The van der Waals surface area contributed by atoms with Gasteiger partial charge in [0.25, 0.3) is 0 Å². The Bertz CT molecular complexity index is 388. The molecule has 0 saturated carbocycles. The molecule has 0 aliphatic carbocycles. The van der Waals surface area contributed by atoms with Gasteiger partial charge in [-0.25, -0.2) is 9.78 Å². The zero-order chi connectivity index (χ0) is 13.0. The average molecular weight is 256 g/mol. The average Bonchev–Trinajstić information content (AvgIpc) is 2.61. The number of carboxylic acid groups (broad SMARTS) is 1. The Hall–Kier alpha value is -0.940. The number of aromatic carboxylic acids is 1. The van der Waals surface area contributed by atoms with Crippen LogP contribution in [0, 0.1) is 5.92 Å². The second-order valence-electron chi connectivity index (χ2n) is 4.63. The molecule has 1 heterocycles. The number of thiazole rings is 1. The summed E-state index contributed by atoms with van der Waals surface area (Å²) in [6, 6.07) is -0.135. The van der Waals surface area contributed by atoms with Crippen LogP contribution >= 0.6 is 11.3 Å². The molecule has 0 amide bonds. The van der Waals surface area contributed by atoms with Gasteiger partial charge in [-0.3, -0.25) is 0 Å². The highest BCUT2D eigenvalue weighted by Crippen LogP contribution is 2.26. The Morgan fingerprint density at radius 2 is 2.18 bits per heavy atom. The number of nitrogens with two attached hydrogens (primary N) is 1. The predicted octanol–water partition coefficient (Wildman–Crippen LogP) is 2.84. The van der Waals surface area contributed by atoms with Gasteiger partial charge >= 0.3 is 5.97 Å². The van der Waals surface area contributed by atoms with E-state index in [2.05, 4.69) is 25.8 Å². The molecular formula is C12H20N2O2S. The molecular weight excluding hydrogens is 236 g/mol. The van der Waals surface area contributed by atoms with Crippen molar-refractivity contribution in [3.8, 4) is 0 Å². The highest BCUT2D eigenvalue weighted by atomic mass is 32.1. The molecule has 1 aromatic heterocycles. The maximum atomic E-state index is 11.1. The molecule has 1 rings (SSSR count). The zero-order valence-electron chi connectivity index (χ0n) is 10.6. The van der Waals surface area contributed by atoms with Gasteiger partial charge < -0.3 is 10.8 Å². The van der Waals surface area contributed by atoms with Crippen LogP contribution in [0.2, 0.25) is 0 Å². The molecule has 0 bridgehead atoms. The van der Waals surface area contributed by atoms with Crippen molar-refractivity contribution in [1.29, 1.82) is 0 Å². The monoisotopic (exact) mass is 256 g/mol. The summed E-state index contributed by atoms with van der Waals surface area (Å²) in [6.45, 7) is 6.16. The highest BCUT2D eigenvalue weighted by molar-refractivity contribution is 7.13. The maximum Gasteiger partial charge on any atom is 0.347 e. The summed E-state index contributed by atoms with van der Waals surface area (Å²) < 4.78 is 0. The molecule has 17 heavy (non-hydrogen) atoms. The first-order valence-electron chi connectivity index (χ1n) is 5.94. The Kier molecular flexibility index (Phi) is 5.08. The summed E-state index contributed by atoms with van der Waals surface area (Å²) in [5, 5.41) is 9.88. The van der Waals surface area contributed by atoms with Crippen molar-refractivity contribution in [1.82, 2.24) is 4.98 Å². The van der Waals surface area contributed by atoms with Crippen molar-refractivity contribution in [2.24, 2.45) is 11.7 Å². The third-order valence-corrected chi connectivity index (χ3v) is 3.64. The lowest BCUT2D eigenvalue weighted by atomic mass is 10.1. The van der Waals surface area contributed by atoms with Crippen LogP contribution in [-0.2, 0) is 6.42 Å². The Labute approximate surface area is 106 Å². The van der Waals surface area contributed by atoms with Gasteiger partial charge in [0.15, 0.2) is 0 Å². The van der Waals surface area contributed by atoms with Gasteiger partial charge in [-0.2, -0.15) is 0 Å². The second kappa shape index (κ2) is 6.12. The molecule has 4 nitrogen and oxygen atoms in total. The number of carbonyl (C=O) groups is 1. The molecule has 96 valence electrons. The first kappa shape index (κ1) is 14.1. The van der Waals surface area contributed by atoms with E-state index in [-0.39, 0.29) is 6.04 Å². The third kappa shape index (κ3) is 3.78. The quantitative estimate of drug-likeness (QED) is 0.820. The van der Waals surface area contributed by atoms with E-state index in [0.29, 0.717) is 22.9 Å². The molecule has 0 fully saturated rings. The van der Waals surface area contributed by atoms with Crippen molar-refractivity contribution in [2.75, 3.05) is 0 Å². The van der Waals surface area contributed by atoms with E-state index in [1.54, 1.807) is 0 Å². The number of rotatable bonds is 6. The summed E-state index contributed by atoms with van der Waals surface area (Å²) in [6.07, 6.45) is 2.51. The van der Waals surface area contributed by atoms with E-state index in [1.165, 1.54) is 11.3 Å². The largest absolute Gasteiger partial charge is 0.477 e. The molecule has 1 unspecified atom stereocenters. The van der Waals surface area contributed by atoms with Gasteiger partial charge in [-0.05, 0) is 18.8 Å². The maximum absolute atomic E-state index is 11.1. The van der Waals surface area contributed by atoms with Crippen LogP contribution in [0.1, 0.15) is 60.0 Å². The lowest BCUT2D eigenvalue weighted by Crippen LogP contribution is -2.09. The number of hydrogen-bond donors (Lipinski definition) is 2. The summed E-state index contributed by atoms with van der Waals surface area (Å²) >= 11 is 1.22. The molecule has 0 aliphatic heterocycles. The second-order valence-corrected chi connectivity index (χ2v) is 5.66. The minimum atomic E-state index is -0.895. The van der Waals surface area contributed by atoms with Gasteiger partial charge in [0.2, 0.25) is 0 Å². The van der Waals surface area contributed by atoms with Crippen LogP contribution in [0.25, 0.3) is 0 Å². The summed E-state index contributed by atoms with van der Waals surface area (Å²) in [4.78, 5) is 15.9. The van der Waals surface area contributed by atoms with Crippen LogP contribution in [0.15, 0.2) is 0 Å². The van der Waals surface area contributed by atoms with Gasteiger partial charge in [0, 0.05) is 0 Å². The molecule has 1 atom stereocenters. The van der Waals surface area contributed by atoms with E-state index in [0.717, 1.165) is 17.8 Å². The van der Waals surface area contributed by atoms with Gasteiger partial charge in [-0.15, -0.1) is 11.3 Å². The Morgan fingerprint density at radius 3 is 2.65 bits per heavy atom. The molecule has 0 aromatic carbocycles. The molecule has 0 aliphatic rings. The van der Waals surface area contributed by atoms with Crippen LogP contribution in [0.5, 0.6) is 0 Å². The topological polar surface area (TPSA) is 76.2 Å². The molecule has 3 N–H and O–H groups in total. The van der Waals surface area contributed by atoms with Gasteiger partial charge in [0.05, 0.1) is 11.7 Å². The van der Waals surface area contributed by atoms with Crippen molar-refractivity contribution in [3.63, 3.8) is 0 Å². The number of carboxylic acids is 1. The van der Waals surface area contributed by atoms with E-state index in [4.69, 9.17) is 10.8 Å². The smallest absolute Gasteiger partial charge is 0.347 e. The van der Waals surface area contributed by atoms with Crippen LogP contribution in [0.3, 0.4) is 0 Å². The highest BCUT2D eigenvalue weighted by Gasteiger charge is 2.20. The number of nitrogens with zero attached hydrogens (tertiary/aromatic N) is 1. The van der Waals surface area contributed by atoms with Crippen LogP contribution in [-0.4, -0.2) is 16.1 Å². The lowest BCUT2D eigenvalue weighted by Gasteiger charge is -2.05. The molecule has 0 radical (unpaired) electrons. The minimum Gasteiger partial charge on any atom is -0.477 e. The minimum absolute atomic E-state index is 0.135. The fourth-order valence-electron chi connectivity index (χ4n) is 1.66. The van der Waals surface area contributed by atoms with Crippen LogP contribution < -0.4 is 5.73 Å². The van der Waals surface area contributed by atoms with Crippen molar-refractivity contribution in [2.45, 2.75) is 46.1 Å². The van der Waals surface area contributed by atoms with E-state index in [9.17, 15) is 4.79 Å². The molecule has 5 heteroatoms. The van der Waals surface area contributed by atoms with E-state index >= 15 is 0 Å². The first-order valence-corrected chi connectivity index (χ1v) is 6.75. The SMILES string of the molecule is CCCC(N)c1nc(CC(C)C)c(C(=O)O)s1. The summed E-state index contributed by atoms with van der Waals surface area (Å²) in [7, 11) is 0. The molecule has 1 aromatic rings. The Balaban J connectivity index is 2.99. The van der Waals surface area contributed by atoms with Crippen LogP contribution in [0.4, 0.5) is 0 Å². The molecule has 0 spiro atoms. The van der Waals surface area contributed by atoms with Crippen molar-refractivity contribution >= 4 is 17.3 Å². The number of hydrogen-bond acceptors (Lipinski definition) is 4. The van der Waals surface area contributed by atoms with Gasteiger partial charge in [-0.1, -0.05) is 27.2 Å². The predicted molar refractivity (Wildman–Crippen MR) is 69.5 cm³/mol. The third-order valence-electron chi connectivity index (χ3n) is 2.43. The zero-order valence-corrected chi connectivity index (χ0v) is 11.4. The fraction of sp³-hybridized carbons (Fsp3) is 0.667. The van der Waals surface area contributed by atoms with Crippen molar-refractivity contribution < 1.29 is 9.90 Å². The molecule has 0 saturated heterocycles. The lowest BCUT2D eigenvalue weighted by molar-refractivity contribution is 0.0700. The van der Waals surface area contributed by atoms with E-state index < -0.39 is 5.97 Å². The standard InChI is InChI=1S/C12H20N2O2S/c1-4-5-8(13)11-14-9(6-7(2)3)10(17-11)12(15)16/h7-8H,4-6,13H2,1-3H3,(H,15,16). The normalized spacial score (nSPS) is 13.0. The fourth-order valence-corrected chi connectivity index (χ4v) is 2.62. The first-order chi connectivity index (χ1) is 7.95. The van der Waals surface area contributed by atoms with Crippen molar-refractivity contribution in [3.05, 3.63) is 15.6 Å². The summed E-state index contributed by atoms with van der Waals surface area (Å²) in [5.41, 5.74) is 6.65. The Morgan fingerprint density at radius 1 is 1.53 bits per heavy atom.